The van der Waals surface area contributed by atoms with E-state index < -0.39 is 24.3 Å². The summed E-state index contributed by atoms with van der Waals surface area (Å²) in [5.41, 5.74) is 0. The largest absolute Gasteiger partial charge is 0.477 e. The maximum Gasteiger partial charge on any atom is 0.361 e. The lowest BCUT2D eigenvalue weighted by atomic mass is 10.0. The molecule has 9 nitrogen and oxygen atoms in total. The average molecular weight is 1170 g/mol. The minimum atomic E-state index is -1.51. The van der Waals surface area contributed by atoms with E-state index >= 15 is 0 Å². The van der Waals surface area contributed by atoms with Crippen LogP contribution in [-0.4, -0.2) is 87.4 Å². The maximum absolute atomic E-state index is 12.9. The third-order valence-electron chi connectivity index (χ3n) is 16.1. The number of ether oxygens (including phenoxy) is 4. The van der Waals surface area contributed by atoms with E-state index in [0.717, 1.165) is 57.8 Å². The molecule has 2 unspecified atom stereocenters. The molecule has 0 aliphatic heterocycles. The van der Waals surface area contributed by atoms with Crippen LogP contribution in [0.3, 0.4) is 0 Å². The molecule has 0 bridgehead atoms. The topological polar surface area (TPSA) is 108 Å². The van der Waals surface area contributed by atoms with E-state index in [-0.39, 0.29) is 32.2 Å². The van der Waals surface area contributed by atoms with Gasteiger partial charge in [0.1, 0.15) is 13.2 Å². The molecule has 0 aliphatic carbocycles. The second kappa shape index (κ2) is 65.2. The van der Waals surface area contributed by atoms with Crippen molar-refractivity contribution in [3.05, 3.63) is 48.6 Å². The molecule has 2 atom stereocenters. The number of unbranched alkanes of at least 4 members (excludes halogenated alkanes) is 44. The summed E-state index contributed by atoms with van der Waals surface area (Å²) >= 11 is 0. The van der Waals surface area contributed by atoms with Gasteiger partial charge in [0, 0.05) is 12.8 Å². The average Bonchev–Trinajstić information content (AvgIpc) is 3.46. The summed E-state index contributed by atoms with van der Waals surface area (Å²) in [4.78, 5) is 37.6. The Balaban J connectivity index is 4.06. The monoisotopic (exact) mass is 1170 g/mol. The highest BCUT2D eigenvalue weighted by atomic mass is 16.7. The number of esters is 2. The van der Waals surface area contributed by atoms with E-state index in [1.807, 2.05) is 21.1 Å². The molecule has 0 saturated carbocycles. The lowest BCUT2D eigenvalue weighted by molar-refractivity contribution is -0.870. The van der Waals surface area contributed by atoms with Gasteiger partial charge in [-0.1, -0.05) is 306 Å². The Morgan fingerprint density at radius 2 is 0.651 bits per heavy atom. The van der Waals surface area contributed by atoms with Gasteiger partial charge in [-0.2, -0.15) is 0 Å². The number of carboxylic acids is 1. The van der Waals surface area contributed by atoms with Crippen molar-refractivity contribution in [2.45, 2.75) is 360 Å². The van der Waals surface area contributed by atoms with Crippen LogP contribution < -0.4 is 0 Å². The fourth-order valence-corrected chi connectivity index (χ4v) is 10.5. The number of hydrogen-bond donors (Lipinski definition) is 1. The molecular weight excluding hydrogens is 1030 g/mol. The second-order valence-corrected chi connectivity index (χ2v) is 25.5. The molecule has 0 spiro atoms. The standard InChI is InChI=1S/C74H137NO8/c1-6-8-10-12-14-16-18-20-22-24-26-28-30-32-33-34-35-36-37-38-39-41-42-44-46-48-50-52-54-56-58-60-62-64-71(76)81-68-70(69-82-74(73(78)79)80-67-66-75(3,4)5)83-72(77)65-63-61-59-57-55-53-51-49-47-45-43-40-31-29-27-25-23-21-19-17-15-13-11-9-7-2/h19,21,24-27,31,40,70,74H,6-18,20,22-23,28-30,32-39,41-69H2,1-5H3/p+1/b21-19-,26-24-,27-25-,40-31-. The van der Waals surface area contributed by atoms with Crippen molar-refractivity contribution in [3.63, 3.8) is 0 Å². The molecule has 0 saturated heterocycles. The van der Waals surface area contributed by atoms with Gasteiger partial charge >= 0.3 is 17.9 Å². The van der Waals surface area contributed by atoms with Crippen LogP contribution >= 0.6 is 0 Å². The van der Waals surface area contributed by atoms with Crippen LogP contribution in [0.2, 0.25) is 0 Å². The van der Waals surface area contributed by atoms with Crippen molar-refractivity contribution in [1.82, 2.24) is 0 Å². The van der Waals surface area contributed by atoms with Crippen molar-refractivity contribution >= 4 is 17.9 Å². The van der Waals surface area contributed by atoms with Crippen molar-refractivity contribution in [2.75, 3.05) is 47.5 Å². The van der Waals surface area contributed by atoms with E-state index in [2.05, 4.69) is 62.5 Å². The zero-order valence-electron chi connectivity index (χ0n) is 55.6. The second-order valence-electron chi connectivity index (χ2n) is 25.5. The lowest BCUT2D eigenvalue weighted by Crippen LogP contribution is -2.40. The molecule has 83 heavy (non-hydrogen) atoms. The Morgan fingerprint density at radius 3 is 0.976 bits per heavy atom. The van der Waals surface area contributed by atoms with E-state index in [1.165, 1.54) is 263 Å². The quantitative estimate of drug-likeness (QED) is 0.0211. The van der Waals surface area contributed by atoms with Gasteiger partial charge in [-0.05, 0) is 77.0 Å². The maximum atomic E-state index is 12.9. The van der Waals surface area contributed by atoms with Crippen molar-refractivity contribution < 1.29 is 42.9 Å². The lowest BCUT2D eigenvalue weighted by Gasteiger charge is -2.25. The minimum Gasteiger partial charge on any atom is -0.477 e. The molecule has 0 radical (unpaired) electrons. The van der Waals surface area contributed by atoms with Crippen molar-refractivity contribution in [3.8, 4) is 0 Å². The first kappa shape index (κ1) is 80.2. The highest BCUT2D eigenvalue weighted by Gasteiger charge is 2.25. The van der Waals surface area contributed by atoms with Crippen molar-refractivity contribution in [2.24, 2.45) is 0 Å². The first-order valence-corrected chi connectivity index (χ1v) is 35.8. The summed E-state index contributed by atoms with van der Waals surface area (Å²) in [7, 11) is 5.98. The van der Waals surface area contributed by atoms with Gasteiger partial charge in [0.2, 0.25) is 0 Å². The van der Waals surface area contributed by atoms with Crippen molar-refractivity contribution in [1.29, 1.82) is 0 Å². The number of aliphatic carboxylic acids is 1. The van der Waals surface area contributed by atoms with E-state index in [4.69, 9.17) is 18.9 Å². The van der Waals surface area contributed by atoms with Gasteiger partial charge in [-0.15, -0.1) is 0 Å². The number of quaternary nitrogens is 1. The van der Waals surface area contributed by atoms with Gasteiger partial charge in [0.25, 0.3) is 6.29 Å². The molecule has 0 rings (SSSR count). The number of carboxylic acid groups (broad SMARTS) is 1. The molecule has 0 heterocycles. The van der Waals surface area contributed by atoms with Crippen LogP contribution in [0.15, 0.2) is 48.6 Å². The molecule has 0 aromatic heterocycles. The van der Waals surface area contributed by atoms with Gasteiger partial charge in [-0.3, -0.25) is 9.59 Å². The summed E-state index contributed by atoms with van der Waals surface area (Å²) in [6.45, 7) is 4.91. The van der Waals surface area contributed by atoms with E-state index in [1.54, 1.807) is 0 Å². The summed E-state index contributed by atoms with van der Waals surface area (Å²) in [6, 6.07) is 0. The van der Waals surface area contributed by atoms with Crippen LogP contribution in [0.4, 0.5) is 0 Å². The molecule has 0 aliphatic rings. The zero-order chi connectivity index (χ0) is 60.5. The van der Waals surface area contributed by atoms with Crippen LogP contribution in [0.25, 0.3) is 0 Å². The number of carbonyl (C=O) groups is 3. The van der Waals surface area contributed by atoms with E-state index in [0.29, 0.717) is 17.4 Å². The van der Waals surface area contributed by atoms with E-state index in [9.17, 15) is 19.5 Å². The Morgan fingerprint density at radius 1 is 0.361 bits per heavy atom. The molecule has 0 fully saturated rings. The zero-order valence-corrected chi connectivity index (χ0v) is 55.6. The third kappa shape index (κ3) is 66.6. The predicted octanol–water partition coefficient (Wildman–Crippen LogP) is 22.1. The molecule has 0 aromatic rings. The number of likely N-dealkylation sites (N-methyl/N-ethyl adjacent to an activating group) is 1. The highest BCUT2D eigenvalue weighted by Crippen LogP contribution is 2.18. The first-order chi connectivity index (χ1) is 40.6. The Hall–Kier alpha value is -2.75. The summed E-state index contributed by atoms with van der Waals surface area (Å²) in [5, 5.41) is 9.75. The number of nitrogens with zero attached hydrogens (tertiary/aromatic N) is 1. The Labute approximate surface area is 514 Å². The molecule has 9 heteroatoms. The SMILES string of the molecule is CCCCCCC/C=C\C/C=C\C/C=C\CCCCCCCCCCCCC(=O)OC(COC(=O)CCCCCCCCCCCCCCCCCCCCCCC/C=C\CCCCCCCCCC)COC(OCC[N+](C)(C)C)C(=O)O. The highest BCUT2D eigenvalue weighted by molar-refractivity contribution is 5.71. The first-order valence-electron chi connectivity index (χ1n) is 35.8. The summed E-state index contributed by atoms with van der Waals surface area (Å²) in [6.07, 6.45) is 80.9. The molecule has 0 aromatic carbocycles. The number of allylic oxidation sites excluding steroid dienone is 8. The summed E-state index contributed by atoms with van der Waals surface area (Å²) < 4.78 is 23.0. The van der Waals surface area contributed by atoms with Gasteiger partial charge in [0.05, 0.1) is 34.4 Å². The van der Waals surface area contributed by atoms with Crippen LogP contribution in [0.5, 0.6) is 0 Å². The van der Waals surface area contributed by atoms with Crippen LogP contribution in [-0.2, 0) is 33.3 Å². The molecule has 0 amide bonds. The van der Waals surface area contributed by atoms with Gasteiger partial charge < -0.3 is 28.5 Å². The smallest absolute Gasteiger partial charge is 0.361 e. The summed E-state index contributed by atoms with van der Waals surface area (Å²) in [5.74, 6) is -1.99. The minimum absolute atomic E-state index is 0.181. The Bertz CT molecular complexity index is 1500. The molecule has 486 valence electrons. The predicted molar refractivity (Wildman–Crippen MR) is 355 cm³/mol. The number of hydrogen-bond acceptors (Lipinski definition) is 7. The number of carbonyl (C=O) groups excluding carboxylic acids is 2. The van der Waals surface area contributed by atoms with Gasteiger partial charge in [0.15, 0.2) is 6.10 Å². The van der Waals surface area contributed by atoms with Gasteiger partial charge in [-0.25, -0.2) is 4.79 Å². The number of rotatable bonds is 67. The molecular formula is C74H138NO8+. The van der Waals surface area contributed by atoms with Crippen LogP contribution in [0.1, 0.15) is 348 Å². The normalized spacial score (nSPS) is 12.9. The molecule has 1 N–H and O–H groups in total. The van der Waals surface area contributed by atoms with Crippen LogP contribution in [0, 0.1) is 0 Å². The fraction of sp³-hybridized carbons (Fsp3) is 0.851. The Kier molecular flexibility index (Phi) is 63.1. The third-order valence-corrected chi connectivity index (χ3v) is 16.1. The fourth-order valence-electron chi connectivity index (χ4n) is 10.5.